The third-order valence-corrected chi connectivity index (χ3v) is 5.06. The Balaban J connectivity index is 1.83. The standard InChI is InChI=1S/C16H13ClFN3O7S/c17-13-7-11(21(24)25)3-6-14(13)20-15(22)9-28-16(23)8-19-29(26,27)12-4-1-10(18)2-5-12/h1-7,19H,8-9H2,(H,20,22). The van der Waals surface area contributed by atoms with Crippen LogP contribution in [-0.2, 0) is 24.3 Å². The van der Waals surface area contributed by atoms with E-state index in [1.165, 1.54) is 6.07 Å². The third kappa shape index (κ3) is 6.48. The quantitative estimate of drug-likeness (QED) is 0.358. The molecule has 13 heteroatoms. The first kappa shape index (κ1) is 22.2. The lowest BCUT2D eigenvalue weighted by atomic mass is 10.3. The molecule has 10 nitrogen and oxygen atoms in total. The molecule has 0 aliphatic carbocycles. The van der Waals surface area contributed by atoms with Gasteiger partial charge in [0, 0.05) is 12.1 Å². The molecule has 0 saturated heterocycles. The molecule has 0 atom stereocenters. The second kappa shape index (κ2) is 9.41. The summed E-state index contributed by atoms with van der Waals surface area (Å²) in [6.45, 7) is -1.50. The Morgan fingerprint density at radius 2 is 1.83 bits per heavy atom. The van der Waals surface area contributed by atoms with Crippen LogP contribution in [0.15, 0.2) is 47.4 Å². The number of nitrogens with zero attached hydrogens (tertiary/aromatic N) is 1. The first-order chi connectivity index (χ1) is 13.6. The minimum atomic E-state index is -4.07. The molecule has 0 saturated carbocycles. The molecular formula is C16H13ClFN3O7S. The number of benzene rings is 2. The van der Waals surface area contributed by atoms with Gasteiger partial charge in [0.25, 0.3) is 11.6 Å². The molecule has 154 valence electrons. The smallest absolute Gasteiger partial charge is 0.321 e. The number of nitrogens with one attached hydrogen (secondary N) is 2. The molecule has 0 aliphatic heterocycles. The Morgan fingerprint density at radius 1 is 1.17 bits per heavy atom. The number of nitro benzene ring substituents is 1. The van der Waals surface area contributed by atoms with Gasteiger partial charge in [-0.2, -0.15) is 4.72 Å². The molecule has 2 aromatic carbocycles. The summed E-state index contributed by atoms with van der Waals surface area (Å²) in [7, 11) is -4.07. The number of anilines is 1. The lowest BCUT2D eigenvalue weighted by molar-refractivity contribution is -0.384. The van der Waals surface area contributed by atoms with Gasteiger partial charge >= 0.3 is 5.97 Å². The fourth-order valence-electron chi connectivity index (χ4n) is 1.95. The summed E-state index contributed by atoms with van der Waals surface area (Å²) in [5.41, 5.74) is -0.205. The summed E-state index contributed by atoms with van der Waals surface area (Å²) < 4.78 is 43.3. The van der Waals surface area contributed by atoms with Crippen LogP contribution in [0.25, 0.3) is 0 Å². The zero-order valence-electron chi connectivity index (χ0n) is 14.4. The number of halogens is 2. The van der Waals surface area contributed by atoms with Crippen molar-refractivity contribution in [3.8, 4) is 0 Å². The highest BCUT2D eigenvalue weighted by Gasteiger charge is 2.17. The first-order valence-corrected chi connectivity index (χ1v) is 9.59. The van der Waals surface area contributed by atoms with E-state index in [0.29, 0.717) is 0 Å². The van der Waals surface area contributed by atoms with Gasteiger partial charge in [0.1, 0.15) is 12.4 Å². The number of carbonyl (C=O) groups is 2. The normalized spacial score (nSPS) is 11.0. The van der Waals surface area contributed by atoms with Gasteiger partial charge in [0.15, 0.2) is 6.61 Å². The number of rotatable bonds is 8. The van der Waals surface area contributed by atoms with Crippen molar-refractivity contribution in [2.75, 3.05) is 18.5 Å². The van der Waals surface area contributed by atoms with Crippen molar-refractivity contribution in [2.24, 2.45) is 0 Å². The highest BCUT2D eigenvalue weighted by Crippen LogP contribution is 2.26. The Bertz CT molecular complexity index is 1040. The Kier molecular flexibility index (Phi) is 7.20. The van der Waals surface area contributed by atoms with Gasteiger partial charge < -0.3 is 10.1 Å². The van der Waals surface area contributed by atoms with Crippen LogP contribution in [0, 0.1) is 15.9 Å². The Hall–Kier alpha value is -3.09. The second-order valence-electron chi connectivity index (χ2n) is 5.41. The number of amides is 1. The molecule has 0 fully saturated rings. The van der Waals surface area contributed by atoms with Gasteiger partial charge in [-0.05, 0) is 30.3 Å². The van der Waals surface area contributed by atoms with Gasteiger partial charge in [0.05, 0.1) is 20.5 Å². The minimum absolute atomic E-state index is 0.0651. The maximum absolute atomic E-state index is 12.8. The van der Waals surface area contributed by atoms with Gasteiger partial charge in [0.2, 0.25) is 10.0 Å². The summed E-state index contributed by atoms with van der Waals surface area (Å²) >= 11 is 5.82. The first-order valence-electron chi connectivity index (χ1n) is 7.73. The van der Waals surface area contributed by atoms with Crippen molar-refractivity contribution in [3.63, 3.8) is 0 Å². The molecule has 0 aliphatic rings. The van der Waals surface area contributed by atoms with Crippen LogP contribution in [0.5, 0.6) is 0 Å². The summed E-state index contributed by atoms with van der Waals surface area (Å²) in [6.07, 6.45) is 0. The van der Waals surface area contributed by atoms with Crippen LogP contribution in [0.1, 0.15) is 0 Å². The molecule has 2 rings (SSSR count). The van der Waals surface area contributed by atoms with Crippen molar-refractivity contribution in [1.82, 2.24) is 4.72 Å². The van der Waals surface area contributed by atoms with Crippen LogP contribution < -0.4 is 10.0 Å². The lowest BCUT2D eigenvalue weighted by Crippen LogP contribution is -2.32. The molecular weight excluding hydrogens is 433 g/mol. The van der Waals surface area contributed by atoms with E-state index < -0.39 is 45.8 Å². The lowest BCUT2D eigenvalue weighted by Gasteiger charge is -2.09. The monoisotopic (exact) mass is 445 g/mol. The zero-order valence-corrected chi connectivity index (χ0v) is 16.0. The van der Waals surface area contributed by atoms with E-state index in [1.807, 2.05) is 4.72 Å². The largest absolute Gasteiger partial charge is 0.455 e. The number of nitro groups is 1. The second-order valence-corrected chi connectivity index (χ2v) is 7.58. The summed E-state index contributed by atoms with van der Waals surface area (Å²) in [4.78, 5) is 33.1. The van der Waals surface area contributed by atoms with E-state index >= 15 is 0 Å². The Morgan fingerprint density at radius 3 is 2.41 bits per heavy atom. The predicted molar refractivity (Wildman–Crippen MR) is 99.3 cm³/mol. The van der Waals surface area contributed by atoms with Gasteiger partial charge in [-0.15, -0.1) is 0 Å². The molecule has 0 unspecified atom stereocenters. The topological polar surface area (TPSA) is 145 Å². The molecule has 0 radical (unpaired) electrons. The number of carbonyl (C=O) groups excluding carboxylic acids is 2. The van der Waals surface area contributed by atoms with Crippen LogP contribution in [-0.4, -0.2) is 38.4 Å². The van der Waals surface area contributed by atoms with E-state index in [0.717, 1.165) is 36.4 Å². The molecule has 1 amide bonds. The molecule has 0 bridgehead atoms. The summed E-state index contributed by atoms with van der Waals surface area (Å²) in [6, 6.07) is 7.29. The number of hydrogen-bond acceptors (Lipinski definition) is 7. The number of non-ortho nitro benzene ring substituents is 1. The molecule has 2 aromatic rings. The van der Waals surface area contributed by atoms with E-state index in [9.17, 15) is 32.5 Å². The average Bonchev–Trinajstić information content (AvgIpc) is 2.66. The number of ether oxygens (including phenoxy) is 1. The van der Waals surface area contributed by atoms with Crippen LogP contribution in [0.3, 0.4) is 0 Å². The SMILES string of the molecule is O=C(COC(=O)CNS(=O)(=O)c1ccc(F)cc1)Nc1ccc([N+](=O)[O-])cc1Cl. The van der Waals surface area contributed by atoms with Crippen LogP contribution in [0.4, 0.5) is 15.8 Å². The fraction of sp³-hybridized carbons (Fsp3) is 0.125. The van der Waals surface area contributed by atoms with Crippen molar-refractivity contribution < 1.29 is 32.1 Å². The highest BCUT2D eigenvalue weighted by atomic mass is 35.5. The fourth-order valence-corrected chi connectivity index (χ4v) is 3.14. The van der Waals surface area contributed by atoms with Crippen molar-refractivity contribution in [1.29, 1.82) is 0 Å². The number of esters is 1. The van der Waals surface area contributed by atoms with E-state index in [2.05, 4.69) is 10.1 Å². The number of sulfonamides is 1. The average molecular weight is 446 g/mol. The molecule has 0 heterocycles. The van der Waals surface area contributed by atoms with Gasteiger partial charge in [-0.3, -0.25) is 19.7 Å². The van der Waals surface area contributed by atoms with Gasteiger partial charge in [-0.1, -0.05) is 11.6 Å². The van der Waals surface area contributed by atoms with Crippen molar-refractivity contribution in [3.05, 3.63) is 63.4 Å². The molecule has 0 spiro atoms. The Labute approximate surface area is 168 Å². The van der Waals surface area contributed by atoms with E-state index in [-0.39, 0.29) is 21.3 Å². The van der Waals surface area contributed by atoms with Crippen LogP contribution >= 0.6 is 11.6 Å². The number of hydrogen-bond donors (Lipinski definition) is 2. The third-order valence-electron chi connectivity index (χ3n) is 3.33. The maximum Gasteiger partial charge on any atom is 0.321 e. The van der Waals surface area contributed by atoms with Crippen molar-refractivity contribution >= 4 is 44.9 Å². The zero-order chi connectivity index (χ0) is 21.6. The highest BCUT2D eigenvalue weighted by molar-refractivity contribution is 7.89. The van der Waals surface area contributed by atoms with Crippen LogP contribution in [0.2, 0.25) is 5.02 Å². The predicted octanol–water partition coefficient (Wildman–Crippen LogP) is 1.85. The van der Waals surface area contributed by atoms with E-state index in [4.69, 9.17) is 11.6 Å². The molecule has 29 heavy (non-hydrogen) atoms. The van der Waals surface area contributed by atoms with Gasteiger partial charge in [-0.25, -0.2) is 12.8 Å². The molecule has 2 N–H and O–H groups in total. The summed E-state index contributed by atoms with van der Waals surface area (Å²) in [5, 5.41) is 12.8. The summed E-state index contributed by atoms with van der Waals surface area (Å²) in [5.74, 6) is -2.46. The molecule has 0 aromatic heterocycles. The minimum Gasteiger partial charge on any atom is -0.455 e. The van der Waals surface area contributed by atoms with Crippen molar-refractivity contribution in [2.45, 2.75) is 4.90 Å². The van der Waals surface area contributed by atoms with E-state index in [1.54, 1.807) is 0 Å². The maximum atomic E-state index is 12.8.